The van der Waals surface area contributed by atoms with Crippen LogP contribution in [-0.4, -0.2) is 24.2 Å². The molecule has 1 aromatic carbocycles. The van der Waals surface area contributed by atoms with Gasteiger partial charge < -0.3 is 15.0 Å². The molecular formula is C13H19BN2O2. The van der Waals surface area contributed by atoms with Crippen LogP contribution < -0.4 is 11.2 Å². The monoisotopic (exact) mass is 246 g/mol. The standard InChI is InChI=1S/C13H19BN2O2/c1-12(2)13(3,4)18-14(17-12)10-7-5-6-9(8-10)11(15)16/h5-8H,1-4H3,(H3,15,16). The Kier molecular flexibility index (Phi) is 2.99. The highest BCUT2D eigenvalue weighted by Gasteiger charge is 2.51. The van der Waals surface area contributed by atoms with Crippen LogP contribution in [-0.2, 0) is 9.31 Å². The van der Waals surface area contributed by atoms with Gasteiger partial charge in [0.25, 0.3) is 0 Å². The van der Waals surface area contributed by atoms with E-state index in [0.717, 1.165) is 5.46 Å². The highest BCUT2D eigenvalue weighted by atomic mass is 16.7. The van der Waals surface area contributed by atoms with E-state index < -0.39 is 7.12 Å². The van der Waals surface area contributed by atoms with Gasteiger partial charge >= 0.3 is 7.12 Å². The second kappa shape index (κ2) is 4.11. The van der Waals surface area contributed by atoms with Crippen molar-refractivity contribution < 1.29 is 9.31 Å². The fraction of sp³-hybridized carbons (Fsp3) is 0.462. The maximum absolute atomic E-state index is 7.45. The van der Waals surface area contributed by atoms with Crippen molar-refractivity contribution in [2.75, 3.05) is 0 Å². The van der Waals surface area contributed by atoms with Gasteiger partial charge in [0.2, 0.25) is 0 Å². The number of rotatable bonds is 2. The fourth-order valence-electron chi connectivity index (χ4n) is 1.83. The molecule has 3 N–H and O–H groups in total. The Labute approximate surface area is 108 Å². The van der Waals surface area contributed by atoms with Gasteiger partial charge in [-0.2, -0.15) is 0 Å². The number of nitrogen functional groups attached to an aromatic ring is 1. The summed E-state index contributed by atoms with van der Waals surface area (Å²) >= 11 is 0. The first-order valence-corrected chi connectivity index (χ1v) is 6.03. The molecule has 2 rings (SSSR count). The molecule has 0 amide bonds. The molecule has 1 aliphatic heterocycles. The van der Waals surface area contributed by atoms with Crippen LogP contribution in [0.4, 0.5) is 0 Å². The van der Waals surface area contributed by atoms with Crippen LogP contribution >= 0.6 is 0 Å². The van der Waals surface area contributed by atoms with Crippen molar-refractivity contribution in [3.63, 3.8) is 0 Å². The molecule has 1 aliphatic rings. The number of benzene rings is 1. The number of nitrogens with two attached hydrogens (primary N) is 1. The molecule has 18 heavy (non-hydrogen) atoms. The summed E-state index contributed by atoms with van der Waals surface area (Å²) in [5, 5.41) is 7.45. The molecule has 4 nitrogen and oxygen atoms in total. The summed E-state index contributed by atoms with van der Waals surface area (Å²) in [6, 6.07) is 7.42. The average molecular weight is 246 g/mol. The van der Waals surface area contributed by atoms with Gasteiger partial charge in [0.15, 0.2) is 0 Å². The quantitative estimate of drug-likeness (QED) is 0.469. The lowest BCUT2D eigenvalue weighted by molar-refractivity contribution is 0.00578. The Balaban J connectivity index is 2.30. The molecule has 0 bridgehead atoms. The summed E-state index contributed by atoms with van der Waals surface area (Å²) in [6.07, 6.45) is 0. The van der Waals surface area contributed by atoms with Crippen LogP contribution in [0, 0.1) is 5.41 Å². The van der Waals surface area contributed by atoms with E-state index in [-0.39, 0.29) is 17.0 Å². The Morgan fingerprint density at radius 3 is 2.22 bits per heavy atom. The smallest absolute Gasteiger partial charge is 0.399 e. The number of nitrogens with one attached hydrogen (secondary N) is 1. The molecule has 0 aromatic heterocycles. The van der Waals surface area contributed by atoms with Gasteiger partial charge in [-0.05, 0) is 33.2 Å². The predicted octanol–water partition coefficient (Wildman–Crippen LogP) is 1.27. The van der Waals surface area contributed by atoms with Gasteiger partial charge in [-0.15, -0.1) is 0 Å². The van der Waals surface area contributed by atoms with Gasteiger partial charge in [-0.3, -0.25) is 5.41 Å². The summed E-state index contributed by atoms with van der Waals surface area (Å²) in [5.41, 5.74) is 6.35. The molecule has 1 heterocycles. The van der Waals surface area contributed by atoms with Crippen LogP contribution in [0.1, 0.15) is 33.3 Å². The van der Waals surface area contributed by atoms with E-state index >= 15 is 0 Å². The Morgan fingerprint density at radius 2 is 1.72 bits per heavy atom. The third-order valence-corrected chi connectivity index (χ3v) is 3.72. The molecule has 1 saturated heterocycles. The average Bonchev–Trinajstić information content (AvgIpc) is 2.48. The lowest BCUT2D eigenvalue weighted by atomic mass is 9.78. The zero-order chi connectivity index (χ0) is 13.6. The molecule has 5 heteroatoms. The van der Waals surface area contributed by atoms with Gasteiger partial charge in [0.1, 0.15) is 5.84 Å². The topological polar surface area (TPSA) is 68.3 Å². The second-order valence-electron chi connectivity index (χ2n) is 5.63. The molecule has 0 spiro atoms. The minimum Gasteiger partial charge on any atom is -0.399 e. The normalized spacial score (nSPS) is 21.0. The minimum absolute atomic E-state index is 0.0494. The Hall–Kier alpha value is -1.33. The molecule has 0 aliphatic carbocycles. The summed E-state index contributed by atoms with van der Waals surface area (Å²) < 4.78 is 11.9. The Morgan fingerprint density at radius 1 is 1.17 bits per heavy atom. The molecule has 96 valence electrons. The third kappa shape index (κ3) is 2.16. The second-order valence-corrected chi connectivity index (χ2v) is 5.63. The van der Waals surface area contributed by atoms with Crippen molar-refractivity contribution in [2.24, 2.45) is 5.73 Å². The zero-order valence-electron chi connectivity index (χ0n) is 11.3. The van der Waals surface area contributed by atoms with Crippen LogP contribution in [0.2, 0.25) is 0 Å². The zero-order valence-corrected chi connectivity index (χ0v) is 11.3. The molecule has 0 saturated carbocycles. The lowest BCUT2D eigenvalue weighted by Crippen LogP contribution is -2.41. The first-order valence-electron chi connectivity index (χ1n) is 6.03. The summed E-state index contributed by atoms with van der Waals surface area (Å²) in [5.74, 6) is 0.0494. The molecule has 1 aromatic rings. The van der Waals surface area contributed by atoms with E-state index in [0.29, 0.717) is 5.56 Å². The van der Waals surface area contributed by atoms with Gasteiger partial charge in [-0.1, -0.05) is 24.3 Å². The van der Waals surface area contributed by atoms with Crippen molar-refractivity contribution in [1.29, 1.82) is 5.41 Å². The molecule has 0 radical (unpaired) electrons. The number of hydrogen-bond acceptors (Lipinski definition) is 3. The molecule has 0 unspecified atom stereocenters. The molecular weight excluding hydrogens is 227 g/mol. The van der Waals surface area contributed by atoms with Crippen molar-refractivity contribution in [1.82, 2.24) is 0 Å². The maximum atomic E-state index is 7.45. The third-order valence-electron chi connectivity index (χ3n) is 3.72. The fourth-order valence-corrected chi connectivity index (χ4v) is 1.83. The summed E-state index contributed by atoms with van der Waals surface area (Å²) in [4.78, 5) is 0. The largest absolute Gasteiger partial charge is 0.494 e. The highest BCUT2D eigenvalue weighted by molar-refractivity contribution is 6.62. The molecule has 1 fully saturated rings. The van der Waals surface area contributed by atoms with Crippen LogP contribution in [0.3, 0.4) is 0 Å². The van der Waals surface area contributed by atoms with Gasteiger partial charge in [0, 0.05) is 5.56 Å². The maximum Gasteiger partial charge on any atom is 0.494 e. The van der Waals surface area contributed by atoms with Gasteiger partial charge in [-0.25, -0.2) is 0 Å². The van der Waals surface area contributed by atoms with Gasteiger partial charge in [0.05, 0.1) is 11.2 Å². The van der Waals surface area contributed by atoms with Crippen molar-refractivity contribution in [3.8, 4) is 0 Å². The van der Waals surface area contributed by atoms with E-state index in [1.165, 1.54) is 0 Å². The summed E-state index contributed by atoms with van der Waals surface area (Å²) in [7, 11) is -0.408. The van der Waals surface area contributed by atoms with Crippen molar-refractivity contribution in [3.05, 3.63) is 29.8 Å². The minimum atomic E-state index is -0.408. The lowest BCUT2D eigenvalue weighted by Gasteiger charge is -2.32. The number of amidine groups is 1. The van der Waals surface area contributed by atoms with E-state index in [2.05, 4.69) is 0 Å². The predicted molar refractivity (Wildman–Crippen MR) is 73.2 cm³/mol. The summed E-state index contributed by atoms with van der Waals surface area (Å²) in [6.45, 7) is 8.06. The van der Waals surface area contributed by atoms with E-state index in [4.69, 9.17) is 20.5 Å². The first-order chi connectivity index (χ1) is 8.23. The first kappa shape index (κ1) is 13.1. The molecule has 0 atom stereocenters. The van der Waals surface area contributed by atoms with Crippen molar-refractivity contribution in [2.45, 2.75) is 38.9 Å². The number of hydrogen-bond donors (Lipinski definition) is 2. The van der Waals surface area contributed by atoms with Crippen LogP contribution in [0.5, 0.6) is 0 Å². The van der Waals surface area contributed by atoms with E-state index in [9.17, 15) is 0 Å². The SMILES string of the molecule is CC1(C)OB(c2cccc(C(=N)N)c2)OC1(C)C. The Bertz CT molecular complexity index is 470. The van der Waals surface area contributed by atoms with Crippen LogP contribution in [0.15, 0.2) is 24.3 Å². The highest BCUT2D eigenvalue weighted by Crippen LogP contribution is 2.36. The van der Waals surface area contributed by atoms with E-state index in [1.807, 2.05) is 45.9 Å². The van der Waals surface area contributed by atoms with E-state index in [1.54, 1.807) is 6.07 Å². The van der Waals surface area contributed by atoms with Crippen LogP contribution in [0.25, 0.3) is 0 Å². The van der Waals surface area contributed by atoms with Crippen molar-refractivity contribution >= 4 is 18.4 Å².